The van der Waals surface area contributed by atoms with Crippen LogP contribution in [0.2, 0.25) is 0 Å². The molecule has 0 bridgehead atoms. The summed E-state index contributed by atoms with van der Waals surface area (Å²) < 4.78 is 1.89. The molecule has 2 aromatic heterocycles. The van der Waals surface area contributed by atoms with Gasteiger partial charge in [-0.15, -0.1) is 10.2 Å². The van der Waals surface area contributed by atoms with Crippen molar-refractivity contribution < 1.29 is 4.79 Å². The Balaban J connectivity index is 1.66. The Hall–Kier alpha value is -3.09. The first kappa shape index (κ1) is 15.4. The molecule has 0 saturated carbocycles. The molecule has 0 unspecified atom stereocenters. The van der Waals surface area contributed by atoms with E-state index >= 15 is 0 Å². The van der Waals surface area contributed by atoms with Gasteiger partial charge >= 0.3 is 0 Å². The summed E-state index contributed by atoms with van der Waals surface area (Å²) in [6, 6.07) is 9.60. The lowest BCUT2D eigenvalue weighted by molar-refractivity contribution is -0.137. The lowest BCUT2D eigenvalue weighted by atomic mass is 10.1. The maximum absolute atomic E-state index is 12.8. The van der Waals surface area contributed by atoms with Gasteiger partial charge in [0.1, 0.15) is 11.9 Å². The third kappa shape index (κ3) is 2.77. The summed E-state index contributed by atoms with van der Waals surface area (Å²) in [4.78, 5) is 23.1. The molecule has 0 fully saturated rings. The highest BCUT2D eigenvalue weighted by Crippen LogP contribution is 2.28. The van der Waals surface area contributed by atoms with E-state index in [2.05, 4.69) is 20.2 Å². The van der Waals surface area contributed by atoms with E-state index in [1.54, 1.807) is 12.4 Å². The normalized spacial score (nSPS) is 16.8. The fraction of sp³-hybridized carbons (Fsp3) is 0.278. The third-order valence-electron chi connectivity index (χ3n) is 4.41. The van der Waals surface area contributed by atoms with Crippen molar-refractivity contribution in [1.29, 1.82) is 0 Å². The molecule has 4 rings (SSSR count). The zero-order valence-corrected chi connectivity index (χ0v) is 14.1. The minimum absolute atomic E-state index is 0.0606. The first-order valence-electron chi connectivity index (χ1n) is 8.19. The molecule has 0 saturated heterocycles. The van der Waals surface area contributed by atoms with Gasteiger partial charge < -0.3 is 4.90 Å². The largest absolute Gasteiger partial charge is 0.329 e. The SMILES string of the molecule is Cc1ncc(-c2nnc3n2[C@@H](C)C(=O)N(Cc2ccccc2)C3)cn1. The zero-order chi connectivity index (χ0) is 17.4. The van der Waals surface area contributed by atoms with Crippen molar-refractivity contribution in [2.24, 2.45) is 0 Å². The smallest absolute Gasteiger partial charge is 0.246 e. The molecule has 1 aliphatic rings. The Bertz CT molecular complexity index is 903. The van der Waals surface area contributed by atoms with Gasteiger partial charge in [0, 0.05) is 18.9 Å². The van der Waals surface area contributed by atoms with Crippen molar-refractivity contribution in [2.75, 3.05) is 0 Å². The van der Waals surface area contributed by atoms with Crippen LogP contribution in [0.1, 0.15) is 30.2 Å². The fourth-order valence-corrected chi connectivity index (χ4v) is 3.10. The van der Waals surface area contributed by atoms with Gasteiger partial charge in [-0.05, 0) is 19.4 Å². The van der Waals surface area contributed by atoms with Crippen molar-refractivity contribution in [3.8, 4) is 11.4 Å². The highest BCUT2D eigenvalue weighted by molar-refractivity contribution is 5.82. The van der Waals surface area contributed by atoms with Crippen molar-refractivity contribution in [2.45, 2.75) is 33.0 Å². The Morgan fingerprint density at radius 1 is 1.12 bits per heavy atom. The van der Waals surface area contributed by atoms with Gasteiger partial charge in [0.15, 0.2) is 11.6 Å². The van der Waals surface area contributed by atoms with Crippen LogP contribution in [-0.4, -0.2) is 35.5 Å². The predicted molar refractivity (Wildman–Crippen MR) is 91.2 cm³/mol. The molecule has 25 heavy (non-hydrogen) atoms. The number of benzene rings is 1. The Kier molecular flexibility index (Phi) is 3.76. The van der Waals surface area contributed by atoms with E-state index < -0.39 is 0 Å². The number of aryl methyl sites for hydroxylation is 1. The number of hydrogen-bond acceptors (Lipinski definition) is 5. The average Bonchev–Trinajstić information content (AvgIpc) is 3.05. The summed E-state index contributed by atoms with van der Waals surface area (Å²) in [6.07, 6.45) is 3.43. The first-order valence-corrected chi connectivity index (χ1v) is 8.19. The Labute approximate surface area is 145 Å². The van der Waals surface area contributed by atoms with Gasteiger partial charge in [-0.1, -0.05) is 30.3 Å². The molecule has 3 heterocycles. The van der Waals surface area contributed by atoms with E-state index in [0.717, 1.165) is 17.0 Å². The van der Waals surface area contributed by atoms with E-state index in [9.17, 15) is 4.79 Å². The quantitative estimate of drug-likeness (QED) is 0.733. The van der Waals surface area contributed by atoms with Gasteiger partial charge in [0.25, 0.3) is 0 Å². The third-order valence-corrected chi connectivity index (χ3v) is 4.41. The summed E-state index contributed by atoms with van der Waals surface area (Å²) in [5, 5.41) is 8.57. The molecule has 7 nitrogen and oxygen atoms in total. The second-order valence-corrected chi connectivity index (χ2v) is 6.18. The number of nitrogens with zero attached hydrogens (tertiary/aromatic N) is 6. The highest BCUT2D eigenvalue weighted by Gasteiger charge is 2.33. The molecular weight excluding hydrogens is 316 g/mol. The van der Waals surface area contributed by atoms with Crippen LogP contribution in [0.25, 0.3) is 11.4 Å². The van der Waals surface area contributed by atoms with Crippen LogP contribution < -0.4 is 0 Å². The Morgan fingerprint density at radius 3 is 2.56 bits per heavy atom. The molecule has 7 heteroatoms. The molecule has 1 amide bonds. The standard InChI is InChI=1S/C18H18N6O/c1-12-18(25)23(10-14-6-4-3-5-7-14)11-16-21-22-17(24(12)16)15-8-19-13(2)20-9-15/h3-9,12H,10-11H2,1-2H3/t12-/m0/s1. The minimum atomic E-state index is -0.362. The lowest BCUT2D eigenvalue weighted by Crippen LogP contribution is -2.41. The van der Waals surface area contributed by atoms with E-state index in [0.29, 0.717) is 24.7 Å². The molecular formula is C18H18N6O. The second-order valence-electron chi connectivity index (χ2n) is 6.18. The van der Waals surface area contributed by atoms with Crippen LogP contribution in [0, 0.1) is 6.92 Å². The van der Waals surface area contributed by atoms with E-state index in [-0.39, 0.29) is 11.9 Å². The van der Waals surface area contributed by atoms with Gasteiger partial charge in [-0.2, -0.15) is 0 Å². The molecule has 1 aliphatic heterocycles. The van der Waals surface area contributed by atoms with Gasteiger partial charge in [0.2, 0.25) is 5.91 Å². The molecule has 1 atom stereocenters. The maximum Gasteiger partial charge on any atom is 0.246 e. The van der Waals surface area contributed by atoms with Crippen LogP contribution in [0.15, 0.2) is 42.7 Å². The summed E-state index contributed by atoms with van der Waals surface area (Å²) in [5.74, 6) is 2.17. The van der Waals surface area contributed by atoms with Crippen molar-refractivity contribution in [3.63, 3.8) is 0 Å². The van der Waals surface area contributed by atoms with Crippen LogP contribution in [0.4, 0.5) is 0 Å². The van der Waals surface area contributed by atoms with E-state index in [1.807, 2.05) is 53.6 Å². The number of rotatable bonds is 3. The number of hydrogen-bond donors (Lipinski definition) is 0. The average molecular weight is 334 g/mol. The zero-order valence-electron chi connectivity index (χ0n) is 14.1. The minimum Gasteiger partial charge on any atom is -0.329 e. The van der Waals surface area contributed by atoms with Gasteiger partial charge in [-0.3, -0.25) is 9.36 Å². The maximum atomic E-state index is 12.8. The number of amides is 1. The molecule has 0 aliphatic carbocycles. The molecule has 126 valence electrons. The summed E-state index contributed by atoms with van der Waals surface area (Å²) in [5.41, 5.74) is 1.86. The monoisotopic (exact) mass is 334 g/mol. The van der Waals surface area contributed by atoms with Crippen LogP contribution in [-0.2, 0) is 17.9 Å². The summed E-state index contributed by atoms with van der Waals surface area (Å²) in [6.45, 7) is 4.72. The first-order chi connectivity index (χ1) is 12.1. The number of fused-ring (bicyclic) bond motifs is 1. The van der Waals surface area contributed by atoms with E-state index in [1.165, 1.54) is 0 Å². The molecule has 3 aromatic rings. The van der Waals surface area contributed by atoms with E-state index in [4.69, 9.17) is 0 Å². The molecule has 0 spiro atoms. The number of carbonyl (C=O) groups is 1. The molecule has 1 aromatic carbocycles. The molecule has 0 N–H and O–H groups in total. The Morgan fingerprint density at radius 2 is 1.84 bits per heavy atom. The van der Waals surface area contributed by atoms with Crippen LogP contribution in [0.5, 0.6) is 0 Å². The number of aromatic nitrogens is 5. The van der Waals surface area contributed by atoms with Crippen molar-refractivity contribution in [3.05, 3.63) is 59.9 Å². The fourth-order valence-electron chi connectivity index (χ4n) is 3.10. The van der Waals surface area contributed by atoms with Crippen LogP contribution >= 0.6 is 0 Å². The van der Waals surface area contributed by atoms with Crippen LogP contribution in [0.3, 0.4) is 0 Å². The number of carbonyl (C=O) groups excluding carboxylic acids is 1. The summed E-state index contributed by atoms with van der Waals surface area (Å²) >= 11 is 0. The topological polar surface area (TPSA) is 76.8 Å². The van der Waals surface area contributed by atoms with Gasteiger partial charge in [-0.25, -0.2) is 9.97 Å². The second kappa shape index (κ2) is 6.08. The van der Waals surface area contributed by atoms with Crippen molar-refractivity contribution in [1.82, 2.24) is 29.6 Å². The lowest BCUT2D eigenvalue weighted by Gasteiger charge is -2.32. The van der Waals surface area contributed by atoms with Crippen molar-refractivity contribution >= 4 is 5.91 Å². The molecule has 0 radical (unpaired) electrons. The highest BCUT2D eigenvalue weighted by atomic mass is 16.2. The van der Waals surface area contributed by atoms with Gasteiger partial charge in [0.05, 0.1) is 12.1 Å². The predicted octanol–water partition coefficient (Wildman–Crippen LogP) is 2.15. The summed E-state index contributed by atoms with van der Waals surface area (Å²) in [7, 11) is 0.